The van der Waals surface area contributed by atoms with Crippen LogP contribution in [0.5, 0.6) is 0 Å². The number of aromatic amines is 2. The predicted octanol–water partition coefficient (Wildman–Crippen LogP) is -4.41. The van der Waals surface area contributed by atoms with E-state index < -0.39 is 211 Å². The number of imidazole rings is 1. The van der Waals surface area contributed by atoms with Gasteiger partial charge in [0, 0.05) is 55.6 Å². The molecule has 43 nitrogen and oxygen atoms in total. The third-order valence-corrected chi connectivity index (χ3v) is 23.5. The maximum absolute atomic E-state index is 15.3. The van der Waals surface area contributed by atoms with E-state index in [2.05, 4.69) is 89.4 Å². The van der Waals surface area contributed by atoms with Crippen LogP contribution in [0.15, 0.2) is 73.3 Å². The van der Waals surface area contributed by atoms with E-state index in [1.807, 2.05) is 30.6 Å². The van der Waals surface area contributed by atoms with E-state index in [0.29, 0.717) is 78.6 Å². The number of hydrogen-bond acceptors (Lipinski definition) is 26. The molecule has 16 atom stereocenters. The van der Waals surface area contributed by atoms with Crippen LogP contribution in [0, 0.1) is 11.3 Å². The zero-order valence-corrected chi connectivity index (χ0v) is 77.0. The van der Waals surface area contributed by atoms with Gasteiger partial charge in [-0.15, -0.1) is 0 Å². The van der Waals surface area contributed by atoms with Crippen LogP contribution in [0.1, 0.15) is 134 Å². The molecular formula is C84H132N24O19S3. The number of carboxylic acid groups (broad SMARTS) is 1. The highest BCUT2D eigenvalue weighted by Crippen LogP contribution is 2.23. The highest BCUT2D eigenvalue weighted by atomic mass is 32.2. The van der Waals surface area contributed by atoms with Crippen molar-refractivity contribution < 1.29 is 92.0 Å². The summed E-state index contributed by atoms with van der Waals surface area (Å²) >= 11 is 4.12. The molecule has 0 aliphatic carbocycles. The number of fused-ring (bicyclic) bond motifs is 1. The van der Waals surface area contributed by atoms with Crippen molar-refractivity contribution in [1.82, 2.24) is 99.6 Å². The molecule has 4 aromatic rings. The lowest BCUT2D eigenvalue weighted by Crippen LogP contribution is -2.61. The zero-order valence-electron chi connectivity index (χ0n) is 74.6. The van der Waals surface area contributed by atoms with E-state index >= 15 is 19.2 Å². The number of amides is 15. The van der Waals surface area contributed by atoms with Crippen molar-refractivity contribution in [2.24, 2.45) is 28.9 Å². The number of rotatable bonds is 61. The SMILES string of the molecule is CC[C@H](C)[C@H](NC(=O)[C@@H]1CCCN1C(=O)[C@@H](N)CCSC)C(=O)N[C@@H](C)C(=O)N[C@@H](Cc1c[nH]c2ccccc12)C(=O)N[C@@H](CCCCN)C(=O)N[C@@H](Cc1ccccc1)C(=O)N[C@@H](Cc1c[nH]cn1)C(=O)N[C@@H](CCCNC(=N)N)C(=O)N[C@@H](CCSC)C(=O)N[C@@H](CO)C(=O)N[C@@H](CCCCN)C(=O)N[C@@H](CCSC)C(=O)NCC(=O)N[C@H](C(=O)NCC(=O)O)[C@@H](C)O. The van der Waals surface area contributed by atoms with Gasteiger partial charge >= 0.3 is 5.97 Å². The molecule has 2 aromatic carbocycles. The van der Waals surface area contributed by atoms with Crippen molar-refractivity contribution in [2.45, 2.75) is 228 Å². The summed E-state index contributed by atoms with van der Waals surface area (Å²) in [5.74, 6) is -14.1. The molecule has 0 spiro atoms. The van der Waals surface area contributed by atoms with Crippen LogP contribution in [0.3, 0.4) is 0 Å². The number of benzene rings is 2. The first-order valence-corrected chi connectivity index (χ1v) is 47.6. The number of thioether (sulfide) groups is 3. The minimum atomic E-state index is -1.80. The molecule has 0 unspecified atom stereocenters. The molecule has 130 heavy (non-hydrogen) atoms. The Bertz CT molecular complexity index is 4370. The predicted molar refractivity (Wildman–Crippen MR) is 492 cm³/mol. The van der Waals surface area contributed by atoms with Crippen LogP contribution in [-0.2, 0) is 96.0 Å². The Balaban J connectivity index is 1.40. The zero-order chi connectivity index (χ0) is 95.9. The molecule has 1 saturated heterocycles. The summed E-state index contributed by atoms with van der Waals surface area (Å²) in [7, 11) is 0. The molecule has 1 aliphatic rings. The normalized spacial score (nSPS) is 15.8. The number of carbonyl (C=O) groups is 16. The lowest BCUT2D eigenvalue weighted by atomic mass is 9.97. The van der Waals surface area contributed by atoms with E-state index in [0.717, 1.165) is 0 Å². The smallest absolute Gasteiger partial charge is 0.322 e. The lowest BCUT2D eigenvalue weighted by Gasteiger charge is -2.30. The van der Waals surface area contributed by atoms with Gasteiger partial charge in [0.15, 0.2) is 5.96 Å². The number of guanidine groups is 1. The number of carbonyl (C=O) groups excluding carboxylic acids is 15. The molecule has 5 rings (SSSR count). The first-order chi connectivity index (χ1) is 62.1. The number of aliphatic hydroxyl groups is 2. The second kappa shape index (κ2) is 58.5. The number of aliphatic hydroxyl groups excluding tert-OH is 2. The van der Waals surface area contributed by atoms with E-state index in [-0.39, 0.29) is 108 Å². The fraction of sp³-hybridized carbons (Fsp3) is 0.595. The molecule has 46 heteroatoms. The van der Waals surface area contributed by atoms with Crippen LogP contribution in [-0.4, -0.2) is 308 Å². The average Bonchev–Trinajstić information content (AvgIpc) is 1.62. The summed E-state index contributed by atoms with van der Waals surface area (Å²) in [5, 5.41) is 77.3. The summed E-state index contributed by atoms with van der Waals surface area (Å²) in [6, 6.07) is -3.79. The summed E-state index contributed by atoms with van der Waals surface area (Å²) in [5.41, 5.74) is 25.7. The van der Waals surface area contributed by atoms with Gasteiger partial charge in [0.05, 0.1) is 37.3 Å². The molecule has 2 aromatic heterocycles. The Morgan fingerprint density at radius 2 is 1.02 bits per heavy atom. The fourth-order valence-corrected chi connectivity index (χ4v) is 15.4. The third kappa shape index (κ3) is 37.4. The Morgan fingerprint density at radius 3 is 1.54 bits per heavy atom. The molecule has 3 heterocycles. The number of aromatic nitrogens is 3. The van der Waals surface area contributed by atoms with Crippen molar-refractivity contribution in [3.05, 3.63) is 90.1 Å². The highest BCUT2D eigenvalue weighted by Gasteiger charge is 2.41. The maximum Gasteiger partial charge on any atom is 0.322 e. The number of nitrogens with one attached hydrogen (secondary N) is 18. The van der Waals surface area contributed by atoms with Gasteiger partial charge in [0.25, 0.3) is 0 Å². The van der Waals surface area contributed by atoms with Gasteiger partial charge in [-0.05, 0) is 170 Å². The number of nitrogens with two attached hydrogens (primary N) is 4. The van der Waals surface area contributed by atoms with E-state index in [1.54, 1.807) is 68.1 Å². The topological polar surface area (TPSA) is 690 Å². The van der Waals surface area contributed by atoms with Gasteiger partial charge < -0.3 is 133 Å². The molecule has 0 radical (unpaired) electrons. The third-order valence-electron chi connectivity index (χ3n) is 21.6. The summed E-state index contributed by atoms with van der Waals surface area (Å²) in [6.45, 7) is 4.16. The largest absolute Gasteiger partial charge is 0.480 e. The van der Waals surface area contributed by atoms with Gasteiger partial charge in [0.2, 0.25) is 88.6 Å². The number of nitrogens with zero attached hydrogens (tertiary/aromatic N) is 2. The Kier molecular flexibility index (Phi) is 49.2. The summed E-state index contributed by atoms with van der Waals surface area (Å²) in [6.07, 6.45) is 10.1. The average molecular weight is 1880 g/mol. The minimum Gasteiger partial charge on any atom is -0.480 e. The summed E-state index contributed by atoms with van der Waals surface area (Å²) < 4.78 is 0. The highest BCUT2D eigenvalue weighted by molar-refractivity contribution is 7.99. The van der Waals surface area contributed by atoms with E-state index in [9.17, 15) is 67.7 Å². The molecule has 15 amide bonds. The van der Waals surface area contributed by atoms with Crippen molar-refractivity contribution in [3.63, 3.8) is 0 Å². The van der Waals surface area contributed by atoms with Crippen LogP contribution in [0.4, 0.5) is 0 Å². The van der Waals surface area contributed by atoms with E-state index in [1.165, 1.54) is 66.6 Å². The van der Waals surface area contributed by atoms with Crippen molar-refractivity contribution in [1.29, 1.82) is 5.41 Å². The number of unbranched alkanes of at least 4 members (excludes halogenated alkanes) is 2. The summed E-state index contributed by atoms with van der Waals surface area (Å²) in [4.78, 5) is 237. The number of carboxylic acids is 1. The maximum atomic E-state index is 15.3. The van der Waals surface area contributed by atoms with Gasteiger partial charge in [-0.3, -0.25) is 82.1 Å². The second-order valence-corrected chi connectivity index (χ2v) is 34.6. The monoisotopic (exact) mass is 1880 g/mol. The molecule has 29 N–H and O–H groups in total. The van der Waals surface area contributed by atoms with Crippen LogP contribution in [0.2, 0.25) is 0 Å². The molecule has 1 aliphatic heterocycles. The first-order valence-electron chi connectivity index (χ1n) is 43.4. The molecular weight excluding hydrogens is 1750 g/mol. The number of H-pyrrole nitrogens is 2. The minimum absolute atomic E-state index is 0.00679. The molecule has 0 bridgehead atoms. The van der Waals surface area contributed by atoms with Crippen LogP contribution in [0.25, 0.3) is 10.9 Å². The van der Waals surface area contributed by atoms with Gasteiger partial charge in [-0.25, -0.2) is 4.98 Å². The molecule has 0 saturated carbocycles. The Labute approximate surface area is 768 Å². The standard InChI is InChI=1S/C84H132N24O19S3/c1-8-47(2)68(107-80(124)65-27-19-34-108(65)83(127)54(87)28-35-128-5)82(126)96-48(3)70(114)102-62(39-51-41-92-55-23-13-12-22-53(51)55)77(121)97-57(25-15-17-32-86)74(118)103-61(38-50-20-10-9-11-21-50)76(120)104-63(40-52-42-90-46-95-52)78(122)98-58(26-18-33-91-84(88)89)73(117)101-60(30-37-130-7)75(119)105-64(45-109)79(123)99-56(24-14-16-31-85)72(116)100-59(29-36-129-6)71(115)93-43-66(111)106-69(49(4)110)81(125)94-44-67(112)113/h9-13,20-23,41-42,46-49,54,56-65,68-69,92,109-110H,8,14-19,24-40,43-45,85-87H2,1-7H3,(H,90,95)(H,93,115)(H,94,125)(H,96,126)(H,97,121)(H,98,122)(H,99,123)(H,100,116)(H,101,117)(H,102,114)(H,103,118)(H,104,120)(H,105,119)(H,106,111)(H,107,124)(H,112,113)(H4,88,89,91)/t47-,48-,49+,54-,56-,57-,58-,59-,60-,61-,62-,63-,64-,65-,68-,69-/m0/s1. The quantitative estimate of drug-likeness (QED) is 0.0113. The van der Waals surface area contributed by atoms with Gasteiger partial charge in [-0.1, -0.05) is 68.8 Å². The number of para-hydroxylation sites is 1. The first kappa shape index (κ1) is 109. The van der Waals surface area contributed by atoms with Crippen LogP contribution < -0.4 is 103 Å². The van der Waals surface area contributed by atoms with Crippen LogP contribution >= 0.6 is 35.3 Å². The number of likely N-dealkylation sites (tertiary alicyclic amines) is 1. The Hall–Kier alpha value is -11.2. The number of aliphatic carboxylic acids is 1. The van der Waals surface area contributed by atoms with Gasteiger partial charge in [-0.2, -0.15) is 35.3 Å². The number of hydrogen-bond donors (Lipinski definition) is 25. The molecule has 720 valence electrons. The van der Waals surface area contributed by atoms with Crippen molar-refractivity contribution >= 4 is 147 Å². The second-order valence-electron chi connectivity index (χ2n) is 31.7. The van der Waals surface area contributed by atoms with Gasteiger partial charge in [0.1, 0.15) is 85.1 Å². The lowest BCUT2D eigenvalue weighted by molar-refractivity contribution is -0.141. The Morgan fingerprint density at radius 1 is 0.531 bits per heavy atom. The van der Waals surface area contributed by atoms with Crippen molar-refractivity contribution in [3.8, 4) is 0 Å². The van der Waals surface area contributed by atoms with E-state index in [4.69, 9.17) is 33.5 Å². The van der Waals surface area contributed by atoms with Crippen molar-refractivity contribution in [2.75, 3.05) is 81.9 Å². The fourth-order valence-electron chi connectivity index (χ4n) is 14.0. The molecule has 1 fully saturated rings.